The smallest absolute Gasteiger partial charge is 0.299 e. The van der Waals surface area contributed by atoms with Crippen molar-refractivity contribution < 1.29 is 13.2 Å². The Morgan fingerprint density at radius 1 is 1.24 bits per heavy atom. The standard InChI is InChI=1S/C23H32N6O4S/c1-5-8-17-20-21(29(4)26-17)23(30)25-22(24-20)16-14-15(10-11-18(16)33-13-6-2)34(31,32)27-19-9-7-12-28(19)3/h10-11,14,19,27H,5-9,12-13H2,1-4H3,(H,24,25,30). The van der Waals surface area contributed by atoms with E-state index < -0.39 is 15.6 Å². The second-order valence-electron chi connectivity index (χ2n) is 8.70. The third kappa shape index (κ3) is 4.73. The number of sulfonamides is 1. The molecule has 184 valence electrons. The maximum absolute atomic E-state index is 13.2. The van der Waals surface area contributed by atoms with Gasteiger partial charge in [-0.25, -0.2) is 8.42 Å². The molecule has 10 nitrogen and oxygen atoms in total. The van der Waals surface area contributed by atoms with Crippen molar-refractivity contribution >= 4 is 21.1 Å². The molecule has 1 fully saturated rings. The summed E-state index contributed by atoms with van der Waals surface area (Å²) in [6, 6.07) is 4.66. The Labute approximate surface area is 199 Å². The zero-order valence-electron chi connectivity index (χ0n) is 20.1. The summed E-state index contributed by atoms with van der Waals surface area (Å²) in [6.07, 6.45) is 3.80. The first-order valence-corrected chi connectivity index (χ1v) is 13.2. The Morgan fingerprint density at radius 2 is 2.03 bits per heavy atom. The molecule has 2 aromatic heterocycles. The minimum atomic E-state index is -3.79. The second-order valence-corrected chi connectivity index (χ2v) is 10.4. The molecule has 0 saturated carbocycles. The van der Waals surface area contributed by atoms with Gasteiger partial charge in [0.1, 0.15) is 11.6 Å². The first-order valence-electron chi connectivity index (χ1n) is 11.7. The highest BCUT2D eigenvalue weighted by Gasteiger charge is 2.28. The van der Waals surface area contributed by atoms with Crippen molar-refractivity contribution in [1.29, 1.82) is 0 Å². The molecule has 11 heteroatoms. The molecule has 3 heterocycles. The number of H-pyrrole nitrogens is 1. The van der Waals surface area contributed by atoms with Gasteiger partial charge in [-0.05, 0) is 57.5 Å². The minimum absolute atomic E-state index is 0.0920. The molecule has 34 heavy (non-hydrogen) atoms. The summed E-state index contributed by atoms with van der Waals surface area (Å²) in [7, 11) is -0.176. The molecule has 2 N–H and O–H groups in total. The van der Waals surface area contributed by atoms with Crippen LogP contribution in [0.1, 0.15) is 45.2 Å². The van der Waals surface area contributed by atoms with Crippen LogP contribution in [0.4, 0.5) is 0 Å². The van der Waals surface area contributed by atoms with Crippen molar-refractivity contribution in [3.8, 4) is 17.1 Å². The third-order valence-electron chi connectivity index (χ3n) is 6.06. The van der Waals surface area contributed by atoms with E-state index in [0.717, 1.165) is 37.9 Å². The SMILES string of the molecule is CCCOc1ccc(S(=O)(=O)NC2CCCN2C)cc1-c1nc(=O)c2c([nH]1)c(CCC)nn2C. The summed E-state index contributed by atoms with van der Waals surface area (Å²) in [4.78, 5) is 22.5. The highest BCUT2D eigenvalue weighted by atomic mass is 32.2. The third-order valence-corrected chi connectivity index (χ3v) is 7.51. The Kier molecular flexibility index (Phi) is 7.06. The Balaban J connectivity index is 1.83. The van der Waals surface area contributed by atoms with E-state index in [1.807, 2.05) is 25.8 Å². The average molecular weight is 489 g/mol. The topological polar surface area (TPSA) is 122 Å². The average Bonchev–Trinajstić information content (AvgIpc) is 3.34. The zero-order valence-corrected chi connectivity index (χ0v) is 20.9. The van der Waals surface area contributed by atoms with E-state index in [4.69, 9.17) is 4.74 Å². The number of aryl methyl sites for hydroxylation is 2. The van der Waals surface area contributed by atoms with Crippen molar-refractivity contribution in [2.75, 3.05) is 20.2 Å². The van der Waals surface area contributed by atoms with E-state index in [9.17, 15) is 13.2 Å². The van der Waals surface area contributed by atoms with E-state index in [0.29, 0.717) is 35.4 Å². The van der Waals surface area contributed by atoms with Gasteiger partial charge < -0.3 is 9.72 Å². The summed E-state index contributed by atoms with van der Waals surface area (Å²) >= 11 is 0. The van der Waals surface area contributed by atoms with Crippen LogP contribution in [-0.4, -0.2) is 59.4 Å². The predicted molar refractivity (Wildman–Crippen MR) is 130 cm³/mol. The lowest BCUT2D eigenvalue weighted by Crippen LogP contribution is -2.42. The number of nitrogens with zero attached hydrogens (tertiary/aromatic N) is 4. The number of aromatic amines is 1. The molecule has 4 rings (SSSR count). The number of ether oxygens (including phenoxy) is 1. The number of likely N-dealkylation sites (tertiary alicyclic amines) is 1. The van der Waals surface area contributed by atoms with Crippen LogP contribution < -0.4 is 15.0 Å². The number of rotatable bonds is 9. The number of benzene rings is 1. The number of fused-ring (bicyclic) bond motifs is 1. The van der Waals surface area contributed by atoms with Gasteiger partial charge in [-0.1, -0.05) is 20.3 Å². The largest absolute Gasteiger partial charge is 0.493 e. The highest BCUT2D eigenvalue weighted by molar-refractivity contribution is 7.89. The molecule has 1 unspecified atom stereocenters. The van der Waals surface area contributed by atoms with Crippen LogP contribution in [0.3, 0.4) is 0 Å². The molecule has 1 aromatic carbocycles. The first kappa shape index (κ1) is 24.4. The summed E-state index contributed by atoms with van der Waals surface area (Å²) in [5, 5.41) is 4.47. The molecule has 0 bridgehead atoms. The number of aromatic nitrogens is 4. The van der Waals surface area contributed by atoms with Crippen LogP contribution in [0.15, 0.2) is 27.9 Å². The first-order chi connectivity index (χ1) is 16.2. The van der Waals surface area contributed by atoms with Crippen molar-refractivity contribution in [2.24, 2.45) is 7.05 Å². The van der Waals surface area contributed by atoms with E-state index in [1.54, 1.807) is 13.1 Å². The fourth-order valence-electron chi connectivity index (χ4n) is 4.30. The van der Waals surface area contributed by atoms with Crippen LogP contribution in [0, 0.1) is 0 Å². The van der Waals surface area contributed by atoms with Gasteiger partial charge in [0, 0.05) is 7.05 Å². The molecule has 0 spiro atoms. The van der Waals surface area contributed by atoms with E-state index >= 15 is 0 Å². The zero-order chi connectivity index (χ0) is 24.5. The minimum Gasteiger partial charge on any atom is -0.493 e. The van der Waals surface area contributed by atoms with Crippen LogP contribution in [0.5, 0.6) is 5.75 Å². The van der Waals surface area contributed by atoms with E-state index in [-0.39, 0.29) is 16.9 Å². The lowest BCUT2D eigenvalue weighted by atomic mass is 10.1. The molecule has 1 aliphatic rings. The van der Waals surface area contributed by atoms with Crippen molar-refractivity contribution in [3.05, 3.63) is 34.2 Å². The summed E-state index contributed by atoms with van der Waals surface area (Å²) in [5.74, 6) is 0.714. The van der Waals surface area contributed by atoms with Gasteiger partial charge in [0.25, 0.3) is 5.56 Å². The molecule has 1 saturated heterocycles. The van der Waals surface area contributed by atoms with Gasteiger partial charge in [0.2, 0.25) is 10.0 Å². The molecule has 0 radical (unpaired) electrons. The lowest BCUT2D eigenvalue weighted by Gasteiger charge is -2.21. The van der Waals surface area contributed by atoms with Crippen LogP contribution in [-0.2, 0) is 23.5 Å². The maximum atomic E-state index is 13.2. The van der Waals surface area contributed by atoms with Crippen LogP contribution in [0.25, 0.3) is 22.4 Å². The molecule has 1 aliphatic heterocycles. The highest BCUT2D eigenvalue weighted by Crippen LogP contribution is 2.31. The molecule has 1 atom stereocenters. The van der Waals surface area contributed by atoms with Crippen molar-refractivity contribution in [3.63, 3.8) is 0 Å². The predicted octanol–water partition coefficient (Wildman–Crippen LogP) is 2.39. The maximum Gasteiger partial charge on any atom is 0.299 e. The molecule has 3 aromatic rings. The van der Waals surface area contributed by atoms with E-state index in [2.05, 4.69) is 19.8 Å². The fraction of sp³-hybridized carbons (Fsp3) is 0.522. The summed E-state index contributed by atoms with van der Waals surface area (Å²) in [6.45, 7) is 5.32. The van der Waals surface area contributed by atoms with Gasteiger partial charge >= 0.3 is 0 Å². The van der Waals surface area contributed by atoms with Crippen molar-refractivity contribution in [1.82, 2.24) is 29.4 Å². The number of hydrogen-bond acceptors (Lipinski definition) is 7. The summed E-state index contributed by atoms with van der Waals surface area (Å²) in [5.41, 5.74) is 1.76. The van der Waals surface area contributed by atoms with Gasteiger partial charge in [-0.2, -0.15) is 14.8 Å². The summed E-state index contributed by atoms with van der Waals surface area (Å²) < 4.78 is 36.6. The van der Waals surface area contributed by atoms with Crippen LogP contribution in [0.2, 0.25) is 0 Å². The lowest BCUT2D eigenvalue weighted by molar-refractivity contribution is 0.296. The molecule has 0 amide bonds. The normalized spacial score (nSPS) is 17.0. The molecular weight excluding hydrogens is 456 g/mol. The number of hydrogen-bond donors (Lipinski definition) is 2. The Bertz CT molecular complexity index is 1350. The Hall–Kier alpha value is -2.76. The fourth-order valence-corrected chi connectivity index (χ4v) is 5.61. The quantitative estimate of drug-likeness (QED) is 0.474. The van der Waals surface area contributed by atoms with Gasteiger partial charge in [0.05, 0.1) is 34.4 Å². The van der Waals surface area contributed by atoms with Gasteiger partial charge in [-0.15, -0.1) is 0 Å². The van der Waals surface area contributed by atoms with Crippen molar-refractivity contribution in [2.45, 2.75) is 57.0 Å². The second kappa shape index (κ2) is 9.85. The monoisotopic (exact) mass is 488 g/mol. The van der Waals surface area contributed by atoms with Crippen LogP contribution >= 0.6 is 0 Å². The molecular formula is C23H32N6O4S. The van der Waals surface area contributed by atoms with Gasteiger partial charge in [0.15, 0.2) is 5.52 Å². The Morgan fingerprint density at radius 3 is 2.71 bits per heavy atom. The number of nitrogens with one attached hydrogen (secondary N) is 2. The van der Waals surface area contributed by atoms with E-state index in [1.165, 1.54) is 16.8 Å². The molecule has 0 aliphatic carbocycles. The van der Waals surface area contributed by atoms with Gasteiger partial charge in [-0.3, -0.25) is 14.4 Å².